The highest BCUT2D eigenvalue weighted by molar-refractivity contribution is 6.02. The summed E-state index contributed by atoms with van der Waals surface area (Å²) < 4.78 is 10.3. The number of hydrogen-bond donors (Lipinski definition) is 1. The molecule has 0 radical (unpaired) electrons. The molecule has 1 heterocycles. The molecule has 2 rings (SSSR count). The van der Waals surface area contributed by atoms with Gasteiger partial charge in [0, 0.05) is 6.42 Å². The lowest BCUT2D eigenvalue weighted by Gasteiger charge is -2.19. The molecule has 4 nitrogen and oxygen atoms in total. The summed E-state index contributed by atoms with van der Waals surface area (Å²) in [6.45, 7) is 0.339. The number of ketones is 1. The first-order valence-corrected chi connectivity index (χ1v) is 4.30. The highest BCUT2D eigenvalue weighted by Gasteiger charge is 2.25. The summed E-state index contributed by atoms with van der Waals surface area (Å²) in [4.78, 5) is 11.5. The Kier molecular flexibility index (Phi) is 2.04. The third-order valence-corrected chi connectivity index (χ3v) is 2.17. The van der Waals surface area contributed by atoms with Crippen LogP contribution in [0, 0.1) is 0 Å². The molecule has 1 aliphatic rings. The van der Waals surface area contributed by atoms with E-state index >= 15 is 0 Å². The van der Waals surface area contributed by atoms with Gasteiger partial charge in [0.1, 0.15) is 11.3 Å². The van der Waals surface area contributed by atoms with Crippen molar-refractivity contribution in [3.63, 3.8) is 0 Å². The molecule has 14 heavy (non-hydrogen) atoms. The quantitative estimate of drug-likeness (QED) is 0.733. The lowest BCUT2D eigenvalue weighted by Crippen LogP contribution is -2.16. The Labute approximate surface area is 81.1 Å². The fourth-order valence-electron chi connectivity index (χ4n) is 1.50. The van der Waals surface area contributed by atoms with Crippen molar-refractivity contribution >= 4 is 5.78 Å². The Bertz CT molecular complexity index is 384. The van der Waals surface area contributed by atoms with Gasteiger partial charge in [-0.25, -0.2) is 0 Å². The number of phenols is 1. The predicted molar refractivity (Wildman–Crippen MR) is 49.1 cm³/mol. The van der Waals surface area contributed by atoms with Gasteiger partial charge in [0.2, 0.25) is 0 Å². The van der Waals surface area contributed by atoms with E-state index in [1.165, 1.54) is 13.2 Å². The average molecular weight is 194 g/mol. The maximum Gasteiger partial charge on any atom is 0.175 e. The van der Waals surface area contributed by atoms with Crippen LogP contribution in [0.25, 0.3) is 0 Å². The summed E-state index contributed by atoms with van der Waals surface area (Å²) in [6, 6.07) is 3.01. The van der Waals surface area contributed by atoms with Crippen molar-refractivity contribution in [3.05, 3.63) is 17.7 Å². The predicted octanol–water partition coefficient (Wildman–Crippen LogP) is 1.37. The average Bonchev–Trinajstić information content (AvgIpc) is 2.18. The van der Waals surface area contributed by atoms with E-state index in [2.05, 4.69) is 0 Å². The molecule has 0 saturated heterocycles. The van der Waals surface area contributed by atoms with Crippen molar-refractivity contribution < 1.29 is 19.4 Å². The number of hydrogen-bond acceptors (Lipinski definition) is 4. The molecule has 0 unspecified atom stereocenters. The van der Waals surface area contributed by atoms with E-state index in [0.717, 1.165) is 0 Å². The van der Waals surface area contributed by atoms with Crippen molar-refractivity contribution in [1.82, 2.24) is 0 Å². The summed E-state index contributed by atoms with van der Waals surface area (Å²) in [7, 11) is 1.50. The van der Waals surface area contributed by atoms with E-state index in [4.69, 9.17) is 9.47 Å². The van der Waals surface area contributed by atoms with Crippen LogP contribution in [-0.4, -0.2) is 24.6 Å². The van der Waals surface area contributed by atoms with Crippen LogP contribution in [0.4, 0.5) is 0 Å². The zero-order chi connectivity index (χ0) is 10.1. The van der Waals surface area contributed by atoms with Crippen molar-refractivity contribution in [3.8, 4) is 17.2 Å². The first-order valence-electron chi connectivity index (χ1n) is 4.30. The standard InChI is InChI=1S/C10H10O4/c1-13-8-3-2-6(11)9-7(12)4-5-14-10(8)9/h2-3,11H,4-5H2,1H3. The zero-order valence-corrected chi connectivity index (χ0v) is 7.74. The molecule has 1 N–H and O–H groups in total. The summed E-state index contributed by atoms with van der Waals surface area (Å²) in [6.07, 6.45) is 0.299. The first kappa shape index (κ1) is 8.87. The molecule has 0 fully saturated rings. The number of phenolic OH excluding ortho intramolecular Hbond substituents is 1. The Hall–Kier alpha value is -1.71. The van der Waals surface area contributed by atoms with Gasteiger partial charge in [0.15, 0.2) is 17.3 Å². The van der Waals surface area contributed by atoms with Crippen LogP contribution in [0.1, 0.15) is 16.8 Å². The summed E-state index contributed by atoms with van der Waals surface area (Å²) in [5.41, 5.74) is 0.232. The number of aromatic hydroxyl groups is 1. The third-order valence-electron chi connectivity index (χ3n) is 2.17. The van der Waals surface area contributed by atoms with E-state index in [1.54, 1.807) is 6.07 Å². The maximum absolute atomic E-state index is 11.5. The van der Waals surface area contributed by atoms with E-state index in [-0.39, 0.29) is 17.1 Å². The van der Waals surface area contributed by atoms with E-state index in [0.29, 0.717) is 24.5 Å². The largest absolute Gasteiger partial charge is 0.507 e. The maximum atomic E-state index is 11.5. The van der Waals surface area contributed by atoms with E-state index < -0.39 is 0 Å². The number of carbonyl (C=O) groups excluding carboxylic acids is 1. The van der Waals surface area contributed by atoms with Crippen LogP contribution in [0.2, 0.25) is 0 Å². The number of ether oxygens (including phenoxy) is 2. The van der Waals surface area contributed by atoms with Crippen molar-refractivity contribution in [1.29, 1.82) is 0 Å². The Balaban J connectivity index is 2.63. The molecule has 0 aliphatic carbocycles. The molecule has 1 aliphatic heterocycles. The van der Waals surface area contributed by atoms with Gasteiger partial charge in [-0.05, 0) is 12.1 Å². The molecule has 1 aromatic carbocycles. The fraction of sp³-hybridized carbons (Fsp3) is 0.300. The second-order valence-corrected chi connectivity index (χ2v) is 3.01. The topological polar surface area (TPSA) is 55.8 Å². The van der Waals surface area contributed by atoms with Crippen molar-refractivity contribution in [2.45, 2.75) is 6.42 Å². The smallest absolute Gasteiger partial charge is 0.175 e. The highest BCUT2D eigenvalue weighted by Crippen LogP contribution is 2.39. The monoisotopic (exact) mass is 194 g/mol. The lowest BCUT2D eigenvalue weighted by atomic mass is 10.0. The molecule has 0 atom stereocenters. The zero-order valence-electron chi connectivity index (χ0n) is 7.74. The molecule has 0 spiro atoms. The number of methoxy groups -OCH3 is 1. The van der Waals surface area contributed by atoms with Gasteiger partial charge in [0.05, 0.1) is 13.7 Å². The Morgan fingerprint density at radius 2 is 2.29 bits per heavy atom. The van der Waals surface area contributed by atoms with E-state index in [9.17, 15) is 9.90 Å². The molecule has 74 valence electrons. The van der Waals surface area contributed by atoms with Gasteiger partial charge < -0.3 is 14.6 Å². The molecule has 4 heteroatoms. The van der Waals surface area contributed by atoms with Crippen LogP contribution >= 0.6 is 0 Å². The normalized spacial score (nSPS) is 14.5. The second kappa shape index (κ2) is 3.21. The van der Waals surface area contributed by atoms with Gasteiger partial charge in [-0.2, -0.15) is 0 Å². The molecule has 0 bridgehead atoms. The number of rotatable bonds is 1. The van der Waals surface area contributed by atoms with E-state index in [1.807, 2.05) is 0 Å². The molecule has 1 aromatic rings. The second-order valence-electron chi connectivity index (χ2n) is 3.01. The minimum Gasteiger partial charge on any atom is -0.507 e. The molecule has 0 amide bonds. The fourth-order valence-corrected chi connectivity index (χ4v) is 1.50. The van der Waals surface area contributed by atoms with Crippen molar-refractivity contribution in [2.24, 2.45) is 0 Å². The number of fused-ring (bicyclic) bond motifs is 1. The minimum atomic E-state index is -0.109. The third kappa shape index (κ3) is 1.19. The van der Waals surface area contributed by atoms with Gasteiger partial charge in [-0.3, -0.25) is 4.79 Å². The SMILES string of the molecule is COc1ccc(O)c2c1OCCC2=O. The van der Waals surface area contributed by atoms with Crippen LogP contribution in [0.15, 0.2) is 12.1 Å². The minimum absolute atomic E-state index is 0.0505. The molecule has 0 saturated carbocycles. The van der Waals surface area contributed by atoms with Crippen LogP contribution < -0.4 is 9.47 Å². The molecule has 0 aromatic heterocycles. The van der Waals surface area contributed by atoms with Gasteiger partial charge in [-0.1, -0.05) is 0 Å². The van der Waals surface area contributed by atoms with Crippen LogP contribution in [0.3, 0.4) is 0 Å². The number of carbonyl (C=O) groups is 1. The van der Waals surface area contributed by atoms with Crippen molar-refractivity contribution in [2.75, 3.05) is 13.7 Å². The van der Waals surface area contributed by atoms with Crippen LogP contribution in [-0.2, 0) is 0 Å². The van der Waals surface area contributed by atoms with Gasteiger partial charge in [0.25, 0.3) is 0 Å². The number of Topliss-reactive ketones (excluding diaryl/α,β-unsaturated/α-hetero) is 1. The van der Waals surface area contributed by atoms with Gasteiger partial charge >= 0.3 is 0 Å². The Morgan fingerprint density at radius 1 is 1.50 bits per heavy atom. The first-order chi connectivity index (χ1) is 6.74. The van der Waals surface area contributed by atoms with Crippen LogP contribution in [0.5, 0.6) is 17.2 Å². The summed E-state index contributed by atoms with van der Waals surface area (Å²) in [5.74, 6) is 0.669. The Morgan fingerprint density at radius 3 is 3.00 bits per heavy atom. The lowest BCUT2D eigenvalue weighted by molar-refractivity contribution is 0.0926. The molecular weight excluding hydrogens is 184 g/mol. The summed E-state index contributed by atoms with van der Waals surface area (Å²) in [5, 5.41) is 9.49. The number of benzene rings is 1. The molecular formula is C10H10O4. The van der Waals surface area contributed by atoms with Gasteiger partial charge in [-0.15, -0.1) is 0 Å². The summed E-state index contributed by atoms with van der Waals surface area (Å²) >= 11 is 0. The highest BCUT2D eigenvalue weighted by atomic mass is 16.5.